The normalized spacial score (nSPS) is 12.2. The van der Waals surface area contributed by atoms with Gasteiger partial charge in [-0.2, -0.15) is 0 Å². The van der Waals surface area contributed by atoms with E-state index >= 15 is 0 Å². The minimum atomic E-state index is -0.536. The Labute approximate surface area is 124 Å². The van der Waals surface area contributed by atoms with Gasteiger partial charge in [0.15, 0.2) is 0 Å². The first-order valence-electron chi connectivity index (χ1n) is 5.87. The van der Waals surface area contributed by atoms with Crippen molar-refractivity contribution in [3.63, 3.8) is 0 Å². The Bertz CT molecular complexity index is 627. The van der Waals surface area contributed by atoms with Gasteiger partial charge in [0.1, 0.15) is 11.6 Å². The summed E-state index contributed by atoms with van der Waals surface area (Å²) in [6, 6.07) is 7.63. The molecule has 1 atom stereocenters. The van der Waals surface area contributed by atoms with E-state index < -0.39 is 5.97 Å². The molecule has 0 amide bonds. The van der Waals surface area contributed by atoms with E-state index in [1.165, 1.54) is 13.2 Å². The Morgan fingerprint density at radius 3 is 2.75 bits per heavy atom. The first kappa shape index (κ1) is 14.7. The van der Waals surface area contributed by atoms with Crippen molar-refractivity contribution < 1.29 is 18.3 Å². The molecule has 4 nitrogen and oxygen atoms in total. The number of hydrogen-bond donors (Lipinski definition) is 1. The molecule has 1 aromatic carbocycles. The van der Waals surface area contributed by atoms with Crippen LogP contribution in [0, 0.1) is 5.82 Å². The van der Waals surface area contributed by atoms with E-state index in [0.717, 1.165) is 5.56 Å². The molecule has 6 heteroatoms. The molecular formula is C14H13BrFNO3. The van der Waals surface area contributed by atoms with Crippen LogP contribution in [0.4, 0.5) is 4.39 Å². The van der Waals surface area contributed by atoms with Crippen LogP contribution in [-0.4, -0.2) is 20.1 Å². The van der Waals surface area contributed by atoms with Gasteiger partial charge in [0.25, 0.3) is 0 Å². The number of nitrogens with one attached hydrogen (secondary N) is 1. The van der Waals surface area contributed by atoms with Crippen molar-refractivity contribution in [2.45, 2.75) is 6.04 Å². The number of carbonyl (C=O) groups excluding carboxylic acids is 1. The molecule has 1 heterocycles. The standard InChI is InChI=1S/C14H13BrFNO3/c1-17-13(8-3-4-10(16)9(15)7-8)11-5-6-12(20-11)14(18)19-2/h3-7,13,17H,1-2H3. The van der Waals surface area contributed by atoms with Crippen molar-refractivity contribution in [3.8, 4) is 0 Å². The van der Waals surface area contributed by atoms with Crippen LogP contribution in [-0.2, 0) is 4.74 Å². The average molecular weight is 342 g/mol. The summed E-state index contributed by atoms with van der Waals surface area (Å²) in [5.41, 5.74) is 0.812. The molecule has 2 aromatic rings. The van der Waals surface area contributed by atoms with Crippen molar-refractivity contribution in [3.05, 3.63) is 57.7 Å². The second-order valence-corrected chi connectivity index (χ2v) is 4.94. The van der Waals surface area contributed by atoms with Gasteiger partial charge in [-0.25, -0.2) is 9.18 Å². The lowest BCUT2D eigenvalue weighted by Crippen LogP contribution is -2.17. The van der Waals surface area contributed by atoms with Crippen LogP contribution in [0.2, 0.25) is 0 Å². The quantitative estimate of drug-likeness (QED) is 0.867. The van der Waals surface area contributed by atoms with E-state index in [1.807, 2.05) is 0 Å². The molecule has 0 bridgehead atoms. The smallest absolute Gasteiger partial charge is 0.373 e. The zero-order valence-electron chi connectivity index (χ0n) is 10.9. The maximum Gasteiger partial charge on any atom is 0.373 e. The molecular weight excluding hydrogens is 329 g/mol. The molecule has 0 aliphatic carbocycles. The van der Waals surface area contributed by atoms with E-state index in [9.17, 15) is 9.18 Å². The Morgan fingerprint density at radius 1 is 1.40 bits per heavy atom. The Balaban J connectivity index is 2.34. The minimum absolute atomic E-state index is 0.129. The molecule has 0 saturated heterocycles. The molecule has 0 aliphatic heterocycles. The summed E-state index contributed by atoms with van der Waals surface area (Å²) >= 11 is 3.15. The predicted molar refractivity (Wildman–Crippen MR) is 75.1 cm³/mol. The summed E-state index contributed by atoms with van der Waals surface area (Å²) in [6.07, 6.45) is 0. The predicted octanol–water partition coefficient (Wildman–Crippen LogP) is 3.28. The number of benzene rings is 1. The summed E-state index contributed by atoms with van der Waals surface area (Å²) in [7, 11) is 3.04. The van der Waals surface area contributed by atoms with Crippen molar-refractivity contribution >= 4 is 21.9 Å². The number of esters is 1. The molecule has 0 aliphatic rings. The van der Waals surface area contributed by atoms with Crippen LogP contribution in [0.15, 0.2) is 39.2 Å². The fourth-order valence-electron chi connectivity index (χ4n) is 1.88. The molecule has 0 saturated carbocycles. The Kier molecular flexibility index (Phi) is 4.57. The molecule has 0 fully saturated rings. The summed E-state index contributed by atoms with van der Waals surface area (Å²) < 4.78 is 23.7. The summed E-state index contributed by atoms with van der Waals surface area (Å²) in [4.78, 5) is 11.4. The van der Waals surface area contributed by atoms with Gasteiger partial charge in [0.05, 0.1) is 17.6 Å². The van der Waals surface area contributed by atoms with Gasteiger partial charge in [0.2, 0.25) is 5.76 Å². The van der Waals surface area contributed by atoms with E-state index in [0.29, 0.717) is 10.2 Å². The van der Waals surface area contributed by atoms with Crippen molar-refractivity contribution in [2.24, 2.45) is 0 Å². The van der Waals surface area contributed by atoms with Crippen LogP contribution >= 0.6 is 15.9 Å². The maximum atomic E-state index is 13.3. The zero-order valence-corrected chi connectivity index (χ0v) is 12.5. The third-order valence-electron chi connectivity index (χ3n) is 2.86. The molecule has 1 N–H and O–H groups in total. The first-order chi connectivity index (χ1) is 9.56. The second kappa shape index (κ2) is 6.19. The monoisotopic (exact) mass is 341 g/mol. The fourth-order valence-corrected chi connectivity index (χ4v) is 2.28. The van der Waals surface area contributed by atoms with E-state index in [1.54, 1.807) is 31.3 Å². The minimum Gasteiger partial charge on any atom is -0.463 e. The summed E-state index contributed by atoms with van der Waals surface area (Å²) in [5.74, 6) is -0.194. The number of furan rings is 1. The third-order valence-corrected chi connectivity index (χ3v) is 3.47. The van der Waals surface area contributed by atoms with Crippen LogP contribution in [0.3, 0.4) is 0 Å². The van der Waals surface area contributed by atoms with Gasteiger partial charge in [-0.3, -0.25) is 0 Å². The highest BCUT2D eigenvalue weighted by molar-refractivity contribution is 9.10. The van der Waals surface area contributed by atoms with Crippen LogP contribution in [0.5, 0.6) is 0 Å². The van der Waals surface area contributed by atoms with Gasteiger partial charge in [-0.1, -0.05) is 6.07 Å². The second-order valence-electron chi connectivity index (χ2n) is 4.09. The molecule has 106 valence electrons. The highest BCUT2D eigenvalue weighted by Gasteiger charge is 2.19. The summed E-state index contributed by atoms with van der Waals surface area (Å²) in [6.45, 7) is 0. The SMILES string of the molecule is CNC(c1ccc(F)c(Br)c1)c1ccc(C(=O)OC)o1. The Hall–Kier alpha value is -1.66. The lowest BCUT2D eigenvalue weighted by atomic mass is 10.0. The third kappa shape index (κ3) is 2.91. The number of rotatable bonds is 4. The lowest BCUT2D eigenvalue weighted by molar-refractivity contribution is 0.0562. The van der Waals surface area contributed by atoms with Crippen molar-refractivity contribution in [2.75, 3.05) is 14.2 Å². The van der Waals surface area contributed by atoms with Gasteiger partial charge in [0, 0.05) is 0 Å². The van der Waals surface area contributed by atoms with Gasteiger partial charge in [-0.15, -0.1) is 0 Å². The first-order valence-corrected chi connectivity index (χ1v) is 6.66. The van der Waals surface area contributed by atoms with Crippen molar-refractivity contribution in [1.29, 1.82) is 0 Å². The van der Waals surface area contributed by atoms with Crippen LogP contribution in [0.1, 0.15) is 27.9 Å². The molecule has 20 heavy (non-hydrogen) atoms. The fraction of sp³-hybridized carbons (Fsp3) is 0.214. The molecule has 1 unspecified atom stereocenters. The topological polar surface area (TPSA) is 51.5 Å². The maximum absolute atomic E-state index is 13.3. The van der Waals surface area contributed by atoms with E-state index in [4.69, 9.17) is 4.42 Å². The lowest BCUT2D eigenvalue weighted by Gasteiger charge is -2.14. The summed E-state index contributed by atoms with van der Waals surface area (Å²) in [5, 5.41) is 3.06. The molecule has 1 aromatic heterocycles. The highest BCUT2D eigenvalue weighted by Crippen LogP contribution is 2.27. The van der Waals surface area contributed by atoms with Gasteiger partial charge >= 0.3 is 5.97 Å². The largest absolute Gasteiger partial charge is 0.463 e. The van der Waals surface area contributed by atoms with Gasteiger partial charge in [-0.05, 0) is 52.8 Å². The number of carbonyl (C=O) groups is 1. The zero-order chi connectivity index (χ0) is 14.7. The molecule has 2 rings (SSSR count). The Morgan fingerprint density at radius 2 is 2.15 bits per heavy atom. The molecule has 0 spiro atoms. The molecule has 0 radical (unpaired) electrons. The van der Waals surface area contributed by atoms with E-state index in [2.05, 4.69) is 26.0 Å². The number of halogens is 2. The number of hydrogen-bond acceptors (Lipinski definition) is 4. The number of methoxy groups -OCH3 is 1. The van der Waals surface area contributed by atoms with Crippen LogP contribution in [0.25, 0.3) is 0 Å². The van der Waals surface area contributed by atoms with E-state index in [-0.39, 0.29) is 17.6 Å². The van der Waals surface area contributed by atoms with Gasteiger partial charge < -0.3 is 14.5 Å². The van der Waals surface area contributed by atoms with Crippen molar-refractivity contribution in [1.82, 2.24) is 5.32 Å². The average Bonchev–Trinajstić information content (AvgIpc) is 2.92. The number of ether oxygens (including phenoxy) is 1. The van der Waals surface area contributed by atoms with Crippen LogP contribution < -0.4 is 5.32 Å². The highest BCUT2D eigenvalue weighted by atomic mass is 79.9.